The highest BCUT2D eigenvalue weighted by Crippen LogP contribution is 2.20. The molecule has 3 heterocycles. The van der Waals surface area contributed by atoms with Crippen LogP contribution in [-0.2, 0) is 19.6 Å². The highest BCUT2D eigenvalue weighted by molar-refractivity contribution is 7.80. The number of thiocarbonyl (C=S) groups is 1. The van der Waals surface area contributed by atoms with Crippen molar-refractivity contribution in [2.75, 3.05) is 6.61 Å². The van der Waals surface area contributed by atoms with E-state index >= 15 is 0 Å². The predicted octanol–water partition coefficient (Wildman–Crippen LogP) is 4.66. The largest absolute Gasteiger partial charge is 0.494 e. The number of aromatic nitrogens is 1. The molecule has 0 aliphatic carbocycles. The van der Waals surface area contributed by atoms with Crippen molar-refractivity contribution >= 4 is 39.6 Å². The molecule has 0 radical (unpaired) electrons. The van der Waals surface area contributed by atoms with Crippen molar-refractivity contribution in [3.05, 3.63) is 86.7 Å². The van der Waals surface area contributed by atoms with Crippen LogP contribution in [0.1, 0.15) is 23.1 Å². The molecule has 160 valence electrons. The van der Waals surface area contributed by atoms with Gasteiger partial charge >= 0.3 is 0 Å². The van der Waals surface area contributed by atoms with Gasteiger partial charge in [-0.05, 0) is 67.0 Å². The van der Waals surface area contributed by atoms with Gasteiger partial charge in [-0.1, -0.05) is 6.07 Å². The molecule has 3 aromatic heterocycles. The zero-order valence-corrected chi connectivity index (χ0v) is 18.7. The Morgan fingerprint density at radius 3 is 2.87 bits per heavy atom. The van der Waals surface area contributed by atoms with Gasteiger partial charge < -0.3 is 24.4 Å². The van der Waals surface area contributed by atoms with Crippen LogP contribution in [0.25, 0.3) is 10.9 Å². The molecule has 4 rings (SSSR count). The monoisotopic (exact) mass is 453 g/mol. The molecular formula is C23H23N3O3S2. The smallest absolute Gasteiger partial charge is 0.253 e. The van der Waals surface area contributed by atoms with Gasteiger partial charge in [0.1, 0.15) is 11.5 Å². The Labute approximate surface area is 189 Å². The zero-order chi connectivity index (χ0) is 21.6. The highest BCUT2D eigenvalue weighted by atomic mass is 32.1. The van der Waals surface area contributed by atoms with Gasteiger partial charge in [-0.15, -0.1) is 11.3 Å². The maximum Gasteiger partial charge on any atom is 0.253 e. The van der Waals surface area contributed by atoms with Gasteiger partial charge in [-0.25, -0.2) is 0 Å². The minimum absolute atomic E-state index is 0.123. The van der Waals surface area contributed by atoms with Gasteiger partial charge in [-0.3, -0.25) is 4.79 Å². The summed E-state index contributed by atoms with van der Waals surface area (Å²) < 4.78 is 11.0. The molecule has 0 fully saturated rings. The van der Waals surface area contributed by atoms with Gasteiger partial charge in [0.05, 0.1) is 32.5 Å². The fourth-order valence-electron chi connectivity index (χ4n) is 3.29. The topological polar surface area (TPSA) is 70.5 Å². The lowest BCUT2D eigenvalue weighted by atomic mass is 10.1. The Kier molecular flexibility index (Phi) is 6.69. The van der Waals surface area contributed by atoms with E-state index in [1.807, 2.05) is 59.7 Å². The lowest BCUT2D eigenvalue weighted by Gasteiger charge is -2.25. The van der Waals surface area contributed by atoms with E-state index in [1.54, 1.807) is 17.6 Å². The zero-order valence-electron chi connectivity index (χ0n) is 17.1. The molecule has 6 nitrogen and oxygen atoms in total. The molecule has 0 aliphatic heterocycles. The quantitative estimate of drug-likeness (QED) is 0.378. The molecule has 0 aliphatic rings. The molecule has 1 aromatic carbocycles. The number of nitrogens with zero attached hydrogens (tertiary/aromatic N) is 1. The molecule has 0 unspecified atom stereocenters. The van der Waals surface area contributed by atoms with Crippen LogP contribution in [0.2, 0.25) is 0 Å². The predicted molar refractivity (Wildman–Crippen MR) is 127 cm³/mol. The lowest BCUT2D eigenvalue weighted by molar-refractivity contribution is 0.340. The van der Waals surface area contributed by atoms with Crippen LogP contribution in [0.5, 0.6) is 5.75 Å². The van der Waals surface area contributed by atoms with Crippen molar-refractivity contribution in [2.45, 2.75) is 26.6 Å². The Morgan fingerprint density at radius 1 is 1.23 bits per heavy atom. The second kappa shape index (κ2) is 9.80. The van der Waals surface area contributed by atoms with Crippen LogP contribution in [0, 0.1) is 0 Å². The Balaban J connectivity index is 1.58. The van der Waals surface area contributed by atoms with Crippen molar-refractivity contribution in [3.8, 4) is 5.75 Å². The van der Waals surface area contributed by atoms with Gasteiger partial charge in [-0.2, -0.15) is 0 Å². The Morgan fingerprint density at radius 2 is 2.13 bits per heavy atom. The van der Waals surface area contributed by atoms with E-state index in [2.05, 4.69) is 16.4 Å². The number of rotatable bonds is 8. The van der Waals surface area contributed by atoms with E-state index in [4.69, 9.17) is 21.4 Å². The number of furan rings is 1. The summed E-state index contributed by atoms with van der Waals surface area (Å²) in [7, 11) is 0. The summed E-state index contributed by atoms with van der Waals surface area (Å²) in [5, 5.41) is 6.75. The third-order valence-electron chi connectivity index (χ3n) is 4.77. The summed E-state index contributed by atoms with van der Waals surface area (Å²) in [4.78, 5) is 18.9. The number of nitrogens with one attached hydrogen (secondary N) is 2. The number of hydrogen-bond acceptors (Lipinski definition) is 5. The standard InChI is InChI=1S/C23H23N3O3S2/c1-2-28-18-7-8-21-16(12-18)11-17(22(27)25-21)14-26(15-20-6-4-10-31-20)23(30)24-13-19-5-3-9-29-19/h3-12H,2,13-15H2,1H3,(H,24,30)(H,25,27). The Hall–Kier alpha value is -3.10. The first-order chi connectivity index (χ1) is 15.1. The molecule has 0 spiro atoms. The van der Waals surface area contributed by atoms with E-state index < -0.39 is 0 Å². The van der Waals surface area contributed by atoms with Crippen molar-refractivity contribution in [1.29, 1.82) is 0 Å². The molecule has 8 heteroatoms. The fraction of sp³-hybridized carbons (Fsp3) is 0.217. The molecule has 4 aromatic rings. The first kappa shape index (κ1) is 21.1. The third kappa shape index (κ3) is 5.34. The van der Waals surface area contributed by atoms with Crippen molar-refractivity contribution in [2.24, 2.45) is 0 Å². The maximum absolute atomic E-state index is 12.8. The number of aromatic amines is 1. The van der Waals surface area contributed by atoms with Gasteiger partial charge in [0.25, 0.3) is 5.56 Å². The normalized spacial score (nSPS) is 10.9. The van der Waals surface area contributed by atoms with Gasteiger partial charge in [0.2, 0.25) is 0 Å². The van der Waals surface area contributed by atoms with Gasteiger partial charge in [0.15, 0.2) is 5.11 Å². The summed E-state index contributed by atoms with van der Waals surface area (Å²) in [6, 6.07) is 15.4. The first-order valence-electron chi connectivity index (χ1n) is 9.98. The van der Waals surface area contributed by atoms with Crippen LogP contribution in [0.15, 0.2) is 69.4 Å². The van der Waals surface area contributed by atoms with E-state index in [0.29, 0.717) is 36.9 Å². The minimum Gasteiger partial charge on any atom is -0.494 e. The summed E-state index contributed by atoms with van der Waals surface area (Å²) in [6.07, 6.45) is 1.63. The summed E-state index contributed by atoms with van der Waals surface area (Å²) >= 11 is 7.32. The fourth-order valence-corrected chi connectivity index (χ4v) is 4.21. The molecule has 0 bridgehead atoms. The second-order valence-corrected chi connectivity index (χ2v) is 8.40. The molecule has 0 saturated carbocycles. The van der Waals surface area contributed by atoms with Gasteiger partial charge in [0, 0.05) is 21.3 Å². The minimum atomic E-state index is -0.123. The number of ether oxygens (including phenoxy) is 1. The van der Waals surface area contributed by atoms with E-state index in [-0.39, 0.29) is 5.56 Å². The van der Waals surface area contributed by atoms with E-state index in [0.717, 1.165) is 27.3 Å². The number of hydrogen-bond donors (Lipinski definition) is 2. The van der Waals surface area contributed by atoms with Crippen LogP contribution in [0.3, 0.4) is 0 Å². The van der Waals surface area contributed by atoms with Crippen molar-refractivity contribution < 1.29 is 9.15 Å². The van der Waals surface area contributed by atoms with Crippen LogP contribution in [0.4, 0.5) is 0 Å². The van der Waals surface area contributed by atoms with Crippen LogP contribution < -0.4 is 15.6 Å². The SMILES string of the molecule is CCOc1ccc2[nH]c(=O)c(CN(Cc3cccs3)C(=S)NCc3ccco3)cc2c1. The van der Waals surface area contributed by atoms with E-state index in [1.165, 1.54) is 0 Å². The number of benzene rings is 1. The van der Waals surface area contributed by atoms with Crippen molar-refractivity contribution in [3.63, 3.8) is 0 Å². The number of H-pyrrole nitrogens is 1. The Bertz CT molecular complexity index is 1200. The lowest BCUT2D eigenvalue weighted by Crippen LogP contribution is -2.39. The number of thiophene rings is 1. The molecular weight excluding hydrogens is 430 g/mol. The first-order valence-corrected chi connectivity index (χ1v) is 11.3. The second-order valence-electron chi connectivity index (χ2n) is 6.98. The summed E-state index contributed by atoms with van der Waals surface area (Å²) in [5.41, 5.74) is 1.29. The average molecular weight is 454 g/mol. The molecule has 0 saturated heterocycles. The molecule has 0 amide bonds. The summed E-state index contributed by atoms with van der Waals surface area (Å²) in [6.45, 7) is 4.01. The average Bonchev–Trinajstić information content (AvgIpc) is 3.46. The molecule has 2 N–H and O–H groups in total. The third-order valence-corrected chi connectivity index (χ3v) is 6.04. The number of fused-ring (bicyclic) bond motifs is 1. The van der Waals surface area contributed by atoms with Crippen LogP contribution in [-0.4, -0.2) is 21.6 Å². The van der Waals surface area contributed by atoms with Crippen molar-refractivity contribution in [1.82, 2.24) is 15.2 Å². The van der Waals surface area contributed by atoms with E-state index in [9.17, 15) is 4.79 Å². The number of pyridine rings is 1. The highest BCUT2D eigenvalue weighted by Gasteiger charge is 2.15. The molecule has 31 heavy (non-hydrogen) atoms. The maximum atomic E-state index is 12.8. The van der Waals surface area contributed by atoms with Crippen LogP contribution >= 0.6 is 23.6 Å². The summed E-state index contributed by atoms with van der Waals surface area (Å²) in [5.74, 6) is 1.57. The molecule has 0 atom stereocenters.